The summed E-state index contributed by atoms with van der Waals surface area (Å²) in [6.07, 6.45) is 1.42. The van der Waals surface area contributed by atoms with Crippen LogP contribution in [0.1, 0.15) is 18.4 Å². The van der Waals surface area contributed by atoms with Crippen LogP contribution in [0.25, 0.3) is 0 Å². The average Bonchev–Trinajstić information content (AvgIpc) is 2.35. The van der Waals surface area contributed by atoms with Crippen LogP contribution in [0.2, 0.25) is 0 Å². The van der Waals surface area contributed by atoms with Gasteiger partial charge in [0, 0.05) is 39.9 Å². The van der Waals surface area contributed by atoms with E-state index in [4.69, 9.17) is 4.74 Å². The second kappa shape index (κ2) is 7.71. The average molecular weight is 250 g/mol. The summed E-state index contributed by atoms with van der Waals surface area (Å²) in [5.74, 6) is 0.171. The molecule has 0 saturated carbocycles. The van der Waals surface area contributed by atoms with E-state index in [9.17, 15) is 4.79 Å². The zero-order valence-corrected chi connectivity index (χ0v) is 11.4. The number of ether oxygens (including phenoxy) is 1. The van der Waals surface area contributed by atoms with Crippen molar-refractivity contribution >= 4 is 11.6 Å². The van der Waals surface area contributed by atoms with Gasteiger partial charge in [0.2, 0.25) is 5.91 Å². The number of rotatable bonds is 7. The predicted octanol–water partition coefficient (Wildman–Crippen LogP) is 2.11. The molecule has 0 aliphatic rings. The molecule has 0 radical (unpaired) electrons. The molecule has 1 rings (SSSR count). The monoisotopic (exact) mass is 250 g/mol. The summed E-state index contributed by atoms with van der Waals surface area (Å²) in [6, 6.07) is 8.12. The molecular formula is C14H22N2O2. The van der Waals surface area contributed by atoms with Gasteiger partial charge >= 0.3 is 0 Å². The van der Waals surface area contributed by atoms with Crippen molar-refractivity contribution in [3.8, 4) is 0 Å². The van der Waals surface area contributed by atoms with Gasteiger partial charge in [-0.25, -0.2) is 0 Å². The zero-order chi connectivity index (χ0) is 13.4. The molecule has 0 saturated heterocycles. The minimum atomic E-state index is 0.171. The Kier molecular flexibility index (Phi) is 6.22. The van der Waals surface area contributed by atoms with Gasteiger partial charge in [-0.2, -0.15) is 0 Å². The van der Waals surface area contributed by atoms with Crippen LogP contribution < -0.4 is 5.32 Å². The number of hydrogen-bond acceptors (Lipinski definition) is 3. The molecule has 0 aliphatic heterocycles. The minimum absolute atomic E-state index is 0.171. The summed E-state index contributed by atoms with van der Waals surface area (Å²) < 4.78 is 5.09. The molecule has 0 heterocycles. The third-order valence-corrected chi connectivity index (χ3v) is 2.63. The van der Waals surface area contributed by atoms with E-state index >= 15 is 0 Å². The van der Waals surface area contributed by atoms with Crippen LogP contribution in [-0.2, 0) is 16.1 Å². The smallest absolute Gasteiger partial charge is 0.222 e. The molecule has 0 unspecified atom stereocenters. The van der Waals surface area contributed by atoms with Crippen LogP contribution in [0.4, 0.5) is 5.69 Å². The van der Waals surface area contributed by atoms with Crippen LogP contribution in [-0.4, -0.2) is 38.6 Å². The highest BCUT2D eigenvalue weighted by atomic mass is 16.5. The van der Waals surface area contributed by atoms with Crippen LogP contribution >= 0.6 is 0 Å². The minimum Gasteiger partial charge on any atom is -0.385 e. The molecule has 0 aromatic heterocycles. The molecule has 0 aliphatic carbocycles. The molecule has 0 atom stereocenters. The van der Waals surface area contributed by atoms with Crippen molar-refractivity contribution in [1.82, 2.24) is 4.90 Å². The first-order valence-corrected chi connectivity index (χ1v) is 6.15. The third-order valence-electron chi connectivity index (χ3n) is 2.63. The Hall–Kier alpha value is -1.55. The lowest BCUT2D eigenvalue weighted by Crippen LogP contribution is -2.22. The van der Waals surface area contributed by atoms with Gasteiger partial charge in [-0.1, -0.05) is 12.1 Å². The summed E-state index contributed by atoms with van der Waals surface area (Å²) in [6.45, 7) is 1.42. The molecule has 18 heavy (non-hydrogen) atoms. The highest BCUT2D eigenvalue weighted by Crippen LogP contribution is 2.11. The molecule has 1 amide bonds. The summed E-state index contributed by atoms with van der Waals surface area (Å²) >= 11 is 0. The third kappa shape index (κ3) is 5.19. The lowest BCUT2D eigenvalue weighted by Gasteiger charge is -2.11. The Morgan fingerprint density at radius 3 is 2.83 bits per heavy atom. The van der Waals surface area contributed by atoms with Gasteiger partial charge in [0.05, 0.1) is 6.61 Å². The molecule has 0 bridgehead atoms. The quantitative estimate of drug-likeness (QED) is 0.754. The van der Waals surface area contributed by atoms with Crippen molar-refractivity contribution in [3.63, 3.8) is 0 Å². The second-order valence-electron chi connectivity index (χ2n) is 4.45. The van der Waals surface area contributed by atoms with Gasteiger partial charge in [-0.15, -0.1) is 0 Å². The lowest BCUT2D eigenvalue weighted by molar-refractivity contribution is -0.128. The number of nitrogens with one attached hydrogen (secondary N) is 1. The number of carbonyl (C=O) groups excluding carboxylic acids is 1. The van der Waals surface area contributed by atoms with Crippen LogP contribution in [0.15, 0.2) is 24.3 Å². The number of hydrogen-bond donors (Lipinski definition) is 1. The molecule has 100 valence electrons. The zero-order valence-electron chi connectivity index (χ0n) is 11.4. The molecule has 1 aromatic rings. The maximum Gasteiger partial charge on any atom is 0.222 e. The Morgan fingerprint density at radius 1 is 1.39 bits per heavy atom. The second-order valence-corrected chi connectivity index (χ2v) is 4.45. The van der Waals surface area contributed by atoms with Gasteiger partial charge < -0.3 is 15.0 Å². The molecule has 0 fully saturated rings. The fraction of sp³-hybridized carbons (Fsp3) is 0.500. The molecule has 4 nitrogen and oxygen atoms in total. The van der Waals surface area contributed by atoms with Crippen molar-refractivity contribution < 1.29 is 9.53 Å². The predicted molar refractivity (Wildman–Crippen MR) is 73.6 cm³/mol. The van der Waals surface area contributed by atoms with E-state index < -0.39 is 0 Å². The van der Waals surface area contributed by atoms with Gasteiger partial charge in [0.1, 0.15) is 0 Å². The molecule has 0 spiro atoms. The van der Waals surface area contributed by atoms with Crippen LogP contribution in [0, 0.1) is 0 Å². The van der Waals surface area contributed by atoms with E-state index in [0.717, 1.165) is 24.2 Å². The number of amides is 1. The molecule has 1 N–H and O–H groups in total. The number of methoxy groups -OCH3 is 1. The standard InChI is InChI=1S/C14H22N2O2/c1-16(2)14(17)8-5-9-15-13-7-4-6-12(10-13)11-18-3/h4,6-7,10,15H,5,8-9,11H2,1-3H3. The highest BCUT2D eigenvalue weighted by molar-refractivity contribution is 5.75. The van der Waals surface area contributed by atoms with Crippen molar-refractivity contribution in [1.29, 1.82) is 0 Å². The van der Waals surface area contributed by atoms with E-state index in [1.54, 1.807) is 26.1 Å². The summed E-state index contributed by atoms with van der Waals surface area (Å²) in [7, 11) is 5.25. The number of carbonyl (C=O) groups is 1. The lowest BCUT2D eigenvalue weighted by atomic mass is 10.2. The number of nitrogens with zero attached hydrogens (tertiary/aromatic N) is 1. The van der Waals surface area contributed by atoms with Gasteiger partial charge in [-0.3, -0.25) is 4.79 Å². The first kappa shape index (κ1) is 14.5. The maximum atomic E-state index is 11.4. The van der Waals surface area contributed by atoms with Crippen molar-refractivity contribution in [2.24, 2.45) is 0 Å². The van der Waals surface area contributed by atoms with E-state index in [1.807, 2.05) is 18.2 Å². The SMILES string of the molecule is COCc1cccc(NCCCC(=O)N(C)C)c1. The fourth-order valence-corrected chi connectivity index (χ4v) is 1.63. The molecular weight excluding hydrogens is 228 g/mol. The Bertz CT molecular complexity index is 378. The van der Waals surface area contributed by atoms with Crippen molar-refractivity contribution in [2.45, 2.75) is 19.4 Å². The number of anilines is 1. The highest BCUT2D eigenvalue weighted by Gasteiger charge is 2.02. The maximum absolute atomic E-state index is 11.4. The van der Waals surface area contributed by atoms with Crippen molar-refractivity contribution in [2.75, 3.05) is 33.1 Å². The Labute approximate surface area is 109 Å². The van der Waals surface area contributed by atoms with Crippen LogP contribution in [0.3, 0.4) is 0 Å². The van der Waals surface area contributed by atoms with Crippen molar-refractivity contribution in [3.05, 3.63) is 29.8 Å². The van der Waals surface area contributed by atoms with E-state index in [0.29, 0.717) is 13.0 Å². The number of benzene rings is 1. The first-order chi connectivity index (χ1) is 8.63. The summed E-state index contributed by atoms with van der Waals surface area (Å²) in [4.78, 5) is 13.0. The summed E-state index contributed by atoms with van der Waals surface area (Å²) in [5.41, 5.74) is 2.22. The largest absolute Gasteiger partial charge is 0.385 e. The van der Waals surface area contributed by atoms with Gasteiger partial charge in [0.15, 0.2) is 0 Å². The summed E-state index contributed by atoms with van der Waals surface area (Å²) in [5, 5.41) is 3.31. The topological polar surface area (TPSA) is 41.6 Å². The van der Waals surface area contributed by atoms with Gasteiger partial charge in [0.25, 0.3) is 0 Å². The normalized spacial score (nSPS) is 10.2. The Morgan fingerprint density at radius 2 is 2.17 bits per heavy atom. The first-order valence-electron chi connectivity index (χ1n) is 6.15. The van der Waals surface area contributed by atoms with Gasteiger partial charge in [-0.05, 0) is 24.1 Å². The Balaban J connectivity index is 2.30. The molecule has 1 aromatic carbocycles. The molecule has 4 heteroatoms. The van der Waals surface area contributed by atoms with Crippen LogP contribution in [0.5, 0.6) is 0 Å². The van der Waals surface area contributed by atoms with E-state index in [2.05, 4.69) is 11.4 Å². The van der Waals surface area contributed by atoms with E-state index in [-0.39, 0.29) is 5.91 Å². The fourth-order valence-electron chi connectivity index (χ4n) is 1.63. The van der Waals surface area contributed by atoms with E-state index in [1.165, 1.54) is 0 Å².